The van der Waals surface area contributed by atoms with Gasteiger partial charge in [0.2, 0.25) is 5.82 Å². The molecule has 1 aliphatic heterocycles. The fourth-order valence-corrected chi connectivity index (χ4v) is 5.40. The van der Waals surface area contributed by atoms with Crippen molar-refractivity contribution in [3.05, 3.63) is 71.1 Å². The van der Waals surface area contributed by atoms with Crippen molar-refractivity contribution in [2.45, 2.75) is 6.23 Å². The van der Waals surface area contributed by atoms with Crippen LogP contribution in [-0.4, -0.2) is 107 Å². The van der Waals surface area contributed by atoms with Crippen molar-refractivity contribution in [1.82, 2.24) is 24.2 Å². The van der Waals surface area contributed by atoms with E-state index in [2.05, 4.69) is 15.3 Å². The van der Waals surface area contributed by atoms with E-state index in [-0.39, 0.29) is 82.4 Å². The number of benzene rings is 2. The van der Waals surface area contributed by atoms with Gasteiger partial charge >= 0.3 is 12.1 Å². The summed E-state index contributed by atoms with van der Waals surface area (Å²) in [6.07, 6.45) is 3.37. The Morgan fingerprint density at radius 2 is 1.83 bits per heavy atom. The van der Waals surface area contributed by atoms with E-state index in [0.717, 1.165) is 0 Å². The normalized spacial score (nSPS) is 14.0. The molecule has 0 radical (unpaired) electrons. The number of anilines is 2. The molecule has 1 atom stereocenters. The van der Waals surface area contributed by atoms with Gasteiger partial charge in [0.05, 0.1) is 43.6 Å². The fourth-order valence-electron chi connectivity index (χ4n) is 5.14. The highest BCUT2D eigenvalue weighted by Gasteiger charge is 2.38. The molecule has 2 amide bonds. The molecule has 0 saturated carbocycles. The number of hydrogen-bond donors (Lipinski definition) is 1. The lowest BCUT2D eigenvalue weighted by Gasteiger charge is -2.38. The number of nitrogens with zero attached hydrogens (tertiary/aromatic N) is 7. The molecule has 13 nitrogen and oxygen atoms in total. The van der Waals surface area contributed by atoms with Gasteiger partial charge < -0.3 is 24.6 Å². The van der Waals surface area contributed by atoms with Crippen LogP contribution in [0.25, 0.3) is 16.9 Å². The predicted octanol–water partition coefficient (Wildman–Crippen LogP) is 3.46. The van der Waals surface area contributed by atoms with Gasteiger partial charge in [-0.25, -0.2) is 14.4 Å². The number of carbonyl (C=O) groups is 3. The van der Waals surface area contributed by atoms with Crippen LogP contribution in [0.4, 0.5) is 20.3 Å². The smallest absolute Gasteiger partial charge is 0.323 e. The molecule has 2 aromatic heterocycles. The van der Waals surface area contributed by atoms with Crippen molar-refractivity contribution in [1.29, 1.82) is 5.26 Å². The highest BCUT2D eigenvalue weighted by molar-refractivity contribution is 6.34. The van der Waals surface area contributed by atoms with Gasteiger partial charge in [0.15, 0.2) is 29.6 Å². The first-order chi connectivity index (χ1) is 22.4. The lowest BCUT2D eigenvalue weighted by atomic mass is 10.1. The maximum Gasteiger partial charge on any atom is 0.323 e. The zero-order valence-electron chi connectivity index (χ0n) is 25.6. The predicted molar refractivity (Wildman–Crippen MR) is 166 cm³/mol. The molecule has 244 valence electrons. The van der Waals surface area contributed by atoms with Crippen molar-refractivity contribution >= 4 is 47.0 Å². The van der Waals surface area contributed by atoms with Crippen LogP contribution in [0.5, 0.6) is 5.75 Å². The molecule has 3 heterocycles. The lowest BCUT2D eigenvalue weighted by Crippen LogP contribution is -2.59. The number of amides is 2. The summed E-state index contributed by atoms with van der Waals surface area (Å²) in [5.74, 6) is -3.12. The van der Waals surface area contributed by atoms with Gasteiger partial charge in [-0.2, -0.15) is 9.65 Å². The summed E-state index contributed by atoms with van der Waals surface area (Å²) in [4.78, 5) is 49.1. The van der Waals surface area contributed by atoms with Crippen LogP contribution in [0.1, 0.15) is 10.4 Å². The van der Waals surface area contributed by atoms with Gasteiger partial charge in [-0.05, 0) is 30.3 Å². The Balaban J connectivity index is 1.29. The average molecular weight is 668 g/mol. The van der Waals surface area contributed by atoms with Crippen molar-refractivity contribution in [3.8, 4) is 23.1 Å². The molecule has 2 aromatic carbocycles. The Bertz CT molecular complexity index is 1880. The third kappa shape index (κ3) is 6.79. The van der Waals surface area contributed by atoms with E-state index in [1.54, 1.807) is 61.4 Å². The van der Waals surface area contributed by atoms with Crippen LogP contribution in [0.15, 0.2) is 48.9 Å². The molecular formula is C31H30ClF2N8O5+. The lowest BCUT2D eigenvalue weighted by molar-refractivity contribution is -0.906. The third-order valence-electron chi connectivity index (χ3n) is 7.48. The monoisotopic (exact) mass is 667 g/mol. The second kappa shape index (κ2) is 13.6. The molecular weight excluding hydrogens is 638 g/mol. The van der Waals surface area contributed by atoms with Crippen LogP contribution in [0.2, 0.25) is 5.02 Å². The molecule has 1 fully saturated rings. The first-order valence-corrected chi connectivity index (χ1v) is 14.7. The summed E-state index contributed by atoms with van der Waals surface area (Å²) in [6.45, 7) is 0.883. The minimum absolute atomic E-state index is 0.0740. The van der Waals surface area contributed by atoms with Crippen molar-refractivity contribution in [2.24, 2.45) is 0 Å². The Hall–Kier alpha value is -5.33. The molecule has 1 aliphatic rings. The number of imidazole rings is 1. The van der Waals surface area contributed by atoms with Gasteiger partial charge in [0, 0.05) is 49.8 Å². The Kier molecular flexibility index (Phi) is 9.54. The molecule has 0 aliphatic carbocycles. The largest absolute Gasteiger partial charge is 0.476 e. The number of rotatable bonds is 10. The van der Waals surface area contributed by atoms with E-state index in [0.29, 0.717) is 11.3 Å². The summed E-state index contributed by atoms with van der Waals surface area (Å²) < 4.78 is 41.2. The molecule has 1 saturated heterocycles. The highest BCUT2D eigenvalue weighted by Crippen LogP contribution is 2.32. The number of carbonyl (C=O) groups excluding carboxylic acids is 3. The number of likely N-dealkylation sites (N-methyl/N-ethyl adjacent to an activating group) is 1. The summed E-state index contributed by atoms with van der Waals surface area (Å²) in [5.41, 5.74) is 1.24. The van der Waals surface area contributed by atoms with Crippen LogP contribution in [0.3, 0.4) is 0 Å². The van der Waals surface area contributed by atoms with Gasteiger partial charge in [0.1, 0.15) is 6.07 Å². The number of aromatic nitrogens is 3. The zero-order chi connectivity index (χ0) is 33.9. The van der Waals surface area contributed by atoms with Crippen molar-refractivity contribution < 1.29 is 37.1 Å². The zero-order valence-corrected chi connectivity index (χ0v) is 26.4. The van der Waals surface area contributed by atoms with E-state index < -0.39 is 24.5 Å². The van der Waals surface area contributed by atoms with Crippen molar-refractivity contribution in [3.63, 3.8) is 0 Å². The Morgan fingerprint density at radius 1 is 1.11 bits per heavy atom. The van der Waals surface area contributed by atoms with Gasteiger partial charge in [-0.3, -0.25) is 23.3 Å². The molecule has 1 N–H and O–H groups in total. The van der Waals surface area contributed by atoms with Crippen LogP contribution < -0.4 is 10.1 Å². The topological polar surface area (TPSA) is 142 Å². The van der Waals surface area contributed by atoms with Gasteiger partial charge in [0.25, 0.3) is 12.4 Å². The summed E-state index contributed by atoms with van der Waals surface area (Å²) >= 11 is 6.54. The first kappa shape index (κ1) is 33.0. The quantitative estimate of drug-likeness (QED) is 0.153. The number of piperazine rings is 1. The molecule has 5 rings (SSSR count). The Labute approximate surface area is 273 Å². The minimum atomic E-state index is -1.22. The summed E-state index contributed by atoms with van der Waals surface area (Å²) in [7, 11) is 5.24. The average Bonchev–Trinajstić information content (AvgIpc) is 3.48. The van der Waals surface area contributed by atoms with E-state index in [9.17, 15) is 23.2 Å². The van der Waals surface area contributed by atoms with Gasteiger partial charge in [-0.15, -0.1) is 0 Å². The molecule has 0 bridgehead atoms. The maximum atomic E-state index is 15.0. The van der Waals surface area contributed by atoms with Crippen LogP contribution >= 0.6 is 11.6 Å². The van der Waals surface area contributed by atoms with Crippen LogP contribution in [0, 0.1) is 23.0 Å². The minimum Gasteiger partial charge on any atom is -0.476 e. The standard InChI is InChI=1S/C31H29ClF2N8O5/c1-42(2,3)31(47-18-43)30(45)40-13-11-39(12-14-40)29(44)20-5-4-19(16-22(20)32)38-27-28-37-17-23(41(28)10-9-36-27)21-6-7-24(46-15-8-35)26(34)25(21)33/h4-7,9-10,16-18,31H,11-15H2,1-3H3/p+1. The second-order valence-electron chi connectivity index (χ2n) is 11.4. The van der Waals surface area contributed by atoms with E-state index in [1.807, 2.05) is 0 Å². The fraction of sp³-hybridized carbons (Fsp3) is 0.290. The molecule has 0 spiro atoms. The number of halogens is 3. The number of ether oxygens (including phenoxy) is 2. The molecule has 16 heteroatoms. The van der Waals surface area contributed by atoms with Crippen molar-refractivity contribution in [2.75, 3.05) is 59.2 Å². The van der Waals surface area contributed by atoms with E-state index in [1.165, 1.54) is 28.9 Å². The maximum absolute atomic E-state index is 15.0. The van der Waals surface area contributed by atoms with Gasteiger partial charge in [-0.1, -0.05) is 11.6 Å². The number of nitriles is 1. The molecule has 1 unspecified atom stereocenters. The number of nitrogens with one attached hydrogen (secondary N) is 1. The van der Waals surface area contributed by atoms with E-state index >= 15 is 0 Å². The molecule has 47 heavy (non-hydrogen) atoms. The highest BCUT2D eigenvalue weighted by atomic mass is 35.5. The molecule has 4 aromatic rings. The number of fused-ring (bicyclic) bond motifs is 1. The first-order valence-electron chi connectivity index (χ1n) is 14.3. The van der Waals surface area contributed by atoms with E-state index in [4.69, 9.17) is 26.3 Å². The number of quaternary nitrogens is 1. The third-order valence-corrected chi connectivity index (χ3v) is 7.80. The summed E-state index contributed by atoms with van der Waals surface area (Å²) in [6, 6.07) is 9.05. The number of hydrogen-bond acceptors (Lipinski definition) is 9. The Morgan fingerprint density at radius 3 is 2.49 bits per heavy atom. The summed E-state index contributed by atoms with van der Waals surface area (Å²) in [5, 5.41) is 11.9. The second-order valence-corrected chi connectivity index (χ2v) is 11.8. The van der Waals surface area contributed by atoms with Crippen LogP contribution in [-0.2, 0) is 14.3 Å². The SMILES string of the molecule is C[N+](C)(C)C(OC=O)C(=O)N1CCN(C(=O)c2ccc(Nc3nccn4c(-c5ccc(OCC#N)c(F)c5F)cnc34)cc2Cl)CC1.